The molecule has 22 heavy (non-hydrogen) atoms. The number of anilines is 1. The molecule has 0 unspecified atom stereocenters. The lowest BCUT2D eigenvalue weighted by Crippen LogP contribution is -2.36. The van der Waals surface area contributed by atoms with Crippen molar-refractivity contribution in [3.63, 3.8) is 0 Å². The Hall–Kier alpha value is -0.860. The minimum absolute atomic E-state index is 0.265. The van der Waals surface area contributed by atoms with Crippen molar-refractivity contribution in [3.8, 4) is 0 Å². The van der Waals surface area contributed by atoms with Crippen LogP contribution in [0.25, 0.3) is 0 Å². The van der Waals surface area contributed by atoms with E-state index in [-0.39, 0.29) is 9.87 Å². The molecule has 3 nitrogen and oxygen atoms in total. The summed E-state index contributed by atoms with van der Waals surface area (Å²) in [5.41, 5.74) is -0.824. The summed E-state index contributed by atoms with van der Waals surface area (Å²) >= 11 is 9.55. The molecule has 0 radical (unpaired) electrons. The molecular formula is C12H12Cl2F4N2OS. The van der Waals surface area contributed by atoms with E-state index in [0.717, 1.165) is 6.07 Å². The van der Waals surface area contributed by atoms with E-state index >= 15 is 0 Å². The molecule has 1 aromatic carbocycles. The van der Waals surface area contributed by atoms with Crippen LogP contribution in [0.5, 0.6) is 0 Å². The van der Waals surface area contributed by atoms with Crippen LogP contribution in [0.15, 0.2) is 24.3 Å². The lowest BCUT2D eigenvalue weighted by Gasteiger charge is -2.28. The van der Waals surface area contributed by atoms with Gasteiger partial charge in [-0.25, -0.2) is 4.31 Å². The quantitative estimate of drug-likeness (QED) is 0.332. The van der Waals surface area contributed by atoms with Gasteiger partial charge in [0.1, 0.15) is 0 Å². The Kier molecular flexibility index (Phi) is 6.64. The number of amides is 1. The summed E-state index contributed by atoms with van der Waals surface area (Å²) in [4.78, 5) is 11.9. The lowest BCUT2D eigenvalue weighted by molar-refractivity contribution is -0.114. The zero-order valence-electron chi connectivity index (χ0n) is 11.3. The molecule has 1 rings (SSSR count). The van der Waals surface area contributed by atoms with E-state index in [4.69, 9.17) is 23.2 Å². The first-order valence-electron chi connectivity index (χ1n) is 6.06. The summed E-state index contributed by atoms with van der Waals surface area (Å²) < 4.78 is 49.0. The van der Waals surface area contributed by atoms with E-state index in [1.807, 2.05) is 0 Å². The molecule has 1 amide bonds. The minimum atomic E-state index is -4.99. The van der Waals surface area contributed by atoms with E-state index < -0.39 is 33.8 Å². The molecule has 0 bridgehead atoms. The third-order valence-corrected chi connectivity index (χ3v) is 3.54. The average molecular weight is 379 g/mol. The fourth-order valence-corrected chi connectivity index (χ4v) is 2.50. The number of rotatable bonds is 6. The van der Waals surface area contributed by atoms with Gasteiger partial charge in [-0.2, -0.15) is 4.39 Å². The Labute approximate surface area is 139 Å². The first-order chi connectivity index (χ1) is 10.1. The molecule has 1 aromatic rings. The smallest absolute Gasteiger partial charge is 0.352 e. The summed E-state index contributed by atoms with van der Waals surface area (Å²) in [6, 6.07) is 4.91. The predicted molar refractivity (Wildman–Crippen MR) is 80.7 cm³/mol. The molecular weight excluding hydrogens is 367 g/mol. The van der Waals surface area contributed by atoms with E-state index in [0.29, 0.717) is 13.0 Å². The van der Waals surface area contributed by atoms with Gasteiger partial charge in [0.2, 0.25) is 0 Å². The normalized spacial score (nSPS) is 12.1. The van der Waals surface area contributed by atoms with Crippen molar-refractivity contribution >= 4 is 46.7 Å². The maximum Gasteiger partial charge on any atom is 0.495 e. The van der Waals surface area contributed by atoms with Crippen LogP contribution in [-0.4, -0.2) is 22.7 Å². The van der Waals surface area contributed by atoms with E-state index in [2.05, 4.69) is 5.32 Å². The number of hydrogen-bond donors (Lipinski definition) is 1. The lowest BCUT2D eigenvalue weighted by atomic mass is 10.1. The molecule has 0 aliphatic heterocycles. The second-order valence-electron chi connectivity index (χ2n) is 4.07. The molecule has 124 valence electrons. The van der Waals surface area contributed by atoms with Crippen LogP contribution in [-0.2, 0) is 0 Å². The van der Waals surface area contributed by atoms with Gasteiger partial charge in [0.15, 0.2) is 0 Å². The molecule has 0 fully saturated rings. The number of halogens is 6. The number of para-hydroxylation sites is 1. The third kappa shape index (κ3) is 5.73. The van der Waals surface area contributed by atoms with Gasteiger partial charge in [0.05, 0.1) is 11.3 Å². The highest BCUT2D eigenvalue weighted by Crippen LogP contribution is 2.46. The monoisotopic (exact) mass is 378 g/mol. The zero-order chi connectivity index (χ0) is 17.0. The second-order valence-corrected chi connectivity index (χ2v) is 6.87. The Morgan fingerprint density at radius 2 is 1.86 bits per heavy atom. The van der Waals surface area contributed by atoms with Crippen molar-refractivity contribution in [3.05, 3.63) is 29.8 Å². The largest absolute Gasteiger partial charge is 0.495 e. The molecule has 0 atom stereocenters. The molecule has 0 saturated heterocycles. The summed E-state index contributed by atoms with van der Waals surface area (Å²) in [6.45, 7) is 2.09. The van der Waals surface area contributed by atoms with Crippen LogP contribution in [0.1, 0.15) is 23.7 Å². The number of benzene rings is 1. The van der Waals surface area contributed by atoms with Crippen LogP contribution < -0.4 is 9.62 Å². The van der Waals surface area contributed by atoms with E-state index in [9.17, 15) is 22.4 Å². The van der Waals surface area contributed by atoms with Gasteiger partial charge in [-0.3, -0.25) is 4.79 Å². The molecule has 0 saturated carbocycles. The highest BCUT2D eigenvalue weighted by molar-refractivity contribution is 8.04. The van der Waals surface area contributed by atoms with Gasteiger partial charge in [-0.1, -0.05) is 42.3 Å². The van der Waals surface area contributed by atoms with Gasteiger partial charge in [-0.15, -0.1) is 13.2 Å². The molecule has 1 N–H and O–H groups in total. The Bertz CT molecular complexity index is 523. The standard InChI is InChI=1S/C12H12Cl2F4N2OS/c1-2-7-19-10(21)8-5-3-4-6-9(8)20(12(16,17)18)22-11(13,14)15/h3-6H,2,7H2,1H3,(H,19,21). The predicted octanol–water partition coefficient (Wildman–Crippen LogP) is 4.86. The zero-order valence-corrected chi connectivity index (χ0v) is 13.6. The van der Waals surface area contributed by atoms with E-state index in [1.54, 1.807) is 6.92 Å². The highest BCUT2D eigenvalue weighted by atomic mass is 35.5. The van der Waals surface area contributed by atoms with Gasteiger partial charge >= 0.3 is 10.2 Å². The Balaban J connectivity index is 3.23. The molecule has 0 aromatic heterocycles. The molecule has 0 aliphatic rings. The SMILES string of the molecule is CCCNC(=O)c1ccccc1N(SC(F)(Cl)Cl)C(F)(F)F. The first kappa shape index (κ1) is 19.2. The molecule has 10 heteroatoms. The van der Waals surface area contributed by atoms with Crippen molar-refractivity contribution in [2.24, 2.45) is 0 Å². The number of carbonyl (C=O) groups is 1. The van der Waals surface area contributed by atoms with Gasteiger partial charge in [0, 0.05) is 18.5 Å². The Morgan fingerprint density at radius 1 is 1.27 bits per heavy atom. The van der Waals surface area contributed by atoms with Crippen LogP contribution in [0.2, 0.25) is 0 Å². The number of carbonyl (C=O) groups excluding carboxylic acids is 1. The Morgan fingerprint density at radius 3 is 2.36 bits per heavy atom. The maximum absolute atomic E-state index is 13.2. The van der Waals surface area contributed by atoms with Gasteiger partial charge in [0.25, 0.3) is 5.91 Å². The van der Waals surface area contributed by atoms with Crippen molar-refractivity contribution in [2.75, 3.05) is 10.8 Å². The van der Waals surface area contributed by atoms with Crippen LogP contribution in [0, 0.1) is 0 Å². The van der Waals surface area contributed by atoms with Crippen molar-refractivity contribution in [2.45, 2.75) is 23.6 Å². The molecule has 0 spiro atoms. The number of alkyl halides is 6. The second kappa shape index (κ2) is 7.61. The van der Waals surface area contributed by atoms with Crippen LogP contribution in [0.3, 0.4) is 0 Å². The number of hydrogen-bond acceptors (Lipinski definition) is 3. The summed E-state index contributed by atoms with van der Waals surface area (Å²) in [5, 5.41) is 2.46. The summed E-state index contributed by atoms with van der Waals surface area (Å²) in [7, 11) is 0. The molecule has 0 aliphatic carbocycles. The van der Waals surface area contributed by atoms with Gasteiger partial charge in [-0.05, 0) is 18.6 Å². The number of nitrogens with zero attached hydrogens (tertiary/aromatic N) is 1. The van der Waals surface area contributed by atoms with Crippen molar-refractivity contribution < 1.29 is 22.4 Å². The van der Waals surface area contributed by atoms with Crippen LogP contribution >= 0.6 is 35.1 Å². The summed E-state index contributed by atoms with van der Waals surface area (Å²) in [5.74, 6) is -0.707. The third-order valence-electron chi connectivity index (χ3n) is 2.33. The van der Waals surface area contributed by atoms with Crippen molar-refractivity contribution in [1.29, 1.82) is 0 Å². The summed E-state index contributed by atoms with van der Waals surface area (Å²) in [6.07, 6.45) is -4.38. The average Bonchev–Trinajstić information content (AvgIpc) is 2.40. The maximum atomic E-state index is 13.2. The number of nitrogens with one attached hydrogen (secondary N) is 1. The highest BCUT2D eigenvalue weighted by Gasteiger charge is 2.45. The van der Waals surface area contributed by atoms with Gasteiger partial charge < -0.3 is 5.32 Å². The topological polar surface area (TPSA) is 32.3 Å². The van der Waals surface area contributed by atoms with Crippen molar-refractivity contribution in [1.82, 2.24) is 5.32 Å². The van der Waals surface area contributed by atoms with E-state index in [1.165, 1.54) is 18.2 Å². The fourth-order valence-electron chi connectivity index (χ4n) is 1.52. The van der Waals surface area contributed by atoms with Crippen LogP contribution in [0.4, 0.5) is 23.2 Å². The first-order valence-corrected chi connectivity index (χ1v) is 7.59. The minimum Gasteiger partial charge on any atom is -0.352 e. The molecule has 0 heterocycles. The fraction of sp³-hybridized carbons (Fsp3) is 0.417.